The molecule has 3 rings (SSSR count). The van der Waals surface area contributed by atoms with Gasteiger partial charge in [0.05, 0.1) is 6.61 Å². The molecule has 0 spiro atoms. The van der Waals surface area contributed by atoms with Crippen LogP contribution in [0.1, 0.15) is 61.0 Å². The van der Waals surface area contributed by atoms with Crippen LogP contribution in [0.15, 0.2) is 90.5 Å². The smallest absolute Gasteiger partial charge is 0.349 e. The highest BCUT2D eigenvalue weighted by Crippen LogP contribution is 2.27. The highest BCUT2D eigenvalue weighted by molar-refractivity contribution is 6.05. The minimum atomic E-state index is -1.11. The lowest BCUT2D eigenvalue weighted by molar-refractivity contribution is -0.139. The van der Waals surface area contributed by atoms with Crippen molar-refractivity contribution in [2.45, 2.75) is 39.5 Å². The maximum atomic E-state index is 12.8. The molecule has 0 saturated carbocycles. The highest BCUT2D eigenvalue weighted by atomic mass is 16.5. The molecule has 2 N–H and O–H groups in total. The van der Waals surface area contributed by atoms with Gasteiger partial charge in [-0.05, 0) is 35.6 Å². The number of ether oxygens (including phenoxy) is 1. The summed E-state index contributed by atoms with van der Waals surface area (Å²) in [5.41, 5.74) is 2.26. The molecule has 0 saturated heterocycles. The molecule has 3 aromatic rings. The zero-order valence-corrected chi connectivity index (χ0v) is 21.3. The van der Waals surface area contributed by atoms with E-state index in [1.54, 1.807) is 12.1 Å². The summed E-state index contributed by atoms with van der Waals surface area (Å²) in [6.45, 7) is 4.62. The van der Waals surface area contributed by atoms with Gasteiger partial charge in [-0.3, -0.25) is 0 Å². The van der Waals surface area contributed by atoms with Gasteiger partial charge in [0.2, 0.25) is 0 Å². The molecule has 6 heteroatoms. The maximum Gasteiger partial charge on any atom is 0.349 e. The van der Waals surface area contributed by atoms with Crippen LogP contribution >= 0.6 is 0 Å². The summed E-state index contributed by atoms with van der Waals surface area (Å²) in [5.74, 6) is -1.52. The number of benzene rings is 3. The van der Waals surface area contributed by atoms with E-state index in [2.05, 4.69) is 19.9 Å². The van der Waals surface area contributed by atoms with E-state index in [-0.39, 0.29) is 16.9 Å². The quantitative estimate of drug-likeness (QED) is 0.179. The molecule has 0 amide bonds. The third kappa shape index (κ3) is 8.97. The number of unbranched alkanes of at least 4 members (excludes halogenated alkanes) is 1. The number of carbonyl (C=O) groups is 2. The van der Waals surface area contributed by atoms with Crippen LogP contribution < -0.4 is 0 Å². The number of aromatic carboxylic acids is 1. The predicted octanol–water partition coefficient (Wildman–Crippen LogP) is 6.86. The third-order valence-electron chi connectivity index (χ3n) is 5.82. The standard InChI is InChI=1S/C24H27NO2.C7H6O3/c1-3-5-12-19(4-2)18-27-24(26)22(17-25)23(20-13-8-6-9-14-20)21-15-10-7-11-16-21;8-6-4-2-1-3-5(6)7(9)10/h6-11,13-16,19H,3-5,12,18H2,1-2H3;1-4,8H,(H,9,10). The Morgan fingerprint density at radius 2 is 1.43 bits per heavy atom. The molecule has 192 valence electrons. The van der Waals surface area contributed by atoms with Gasteiger partial charge in [0.25, 0.3) is 0 Å². The molecular weight excluding hydrogens is 466 g/mol. The number of carbonyl (C=O) groups excluding carboxylic acids is 1. The first-order valence-electron chi connectivity index (χ1n) is 12.4. The number of aromatic hydroxyl groups is 1. The monoisotopic (exact) mass is 499 g/mol. The van der Waals surface area contributed by atoms with E-state index in [0.717, 1.165) is 36.8 Å². The predicted molar refractivity (Wildman–Crippen MR) is 144 cm³/mol. The molecule has 0 bridgehead atoms. The summed E-state index contributed by atoms with van der Waals surface area (Å²) >= 11 is 0. The Labute approximate surface area is 218 Å². The molecule has 0 aliphatic heterocycles. The number of rotatable bonds is 10. The molecule has 0 radical (unpaired) electrons. The molecule has 0 aliphatic carbocycles. The van der Waals surface area contributed by atoms with E-state index in [9.17, 15) is 14.9 Å². The van der Waals surface area contributed by atoms with Crippen molar-refractivity contribution < 1.29 is 24.5 Å². The molecule has 0 aromatic heterocycles. The van der Waals surface area contributed by atoms with Crippen LogP contribution in [-0.2, 0) is 9.53 Å². The number of nitriles is 1. The van der Waals surface area contributed by atoms with E-state index in [0.29, 0.717) is 18.1 Å². The van der Waals surface area contributed by atoms with Crippen LogP contribution in [0.4, 0.5) is 0 Å². The molecule has 3 aromatic carbocycles. The van der Waals surface area contributed by atoms with Crippen molar-refractivity contribution in [3.63, 3.8) is 0 Å². The highest BCUT2D eigenvalue weighted by Gasteiger charge is 2.21. The van der Waals surface area contributed by atoms with Crippen molar-refractivity contribution in [2.24, 2.45) is 5.92 Å². The Morgan fingerprint density at radius 3 is 1.86 bits per heavy atom. The summed E-state index contributed by atoms with van der Waals surface area (Å²) in [4.78, 5) is 23.0. The van der Waals surface area contributed by atoms with Crippen LogP contribution in [0.5, 0.6) is 5.75 Å². The van der Waals surface area contributed by atoms with Gasteiger partial charge in [-0.1, -0.05) is 106 Å². The van der Waals surface area contributed by atoms with Crippen LogP contribution in [0.3, 0.4) is 0 Å². The number of carboxylic acids is 1. The number of carboxylic acid groups (broad SMARTS) is 1. The topological polar surface area (TPSA) is 108 Å². The van der Waals surface area contributed by atoms with E-state index >= 15 is 0 Å². The Kier molecular flexibility index (Phi) is 12.2. The summed E-state index contributed by atoms with van der Waals surface area (Å²) < 4.78 is 5.55. The fraction of sp³-hybridized carbons (Fsp3) is 0.258. The molecular formula is C31H33NO5. The van der Waals surface area contributed by atoms with Crippen LogP contribution in [-0.4, -0.2) is 28.8 Å². The van der Waals surface area contributed by atoms with Gasteiger partial charge in [0, 0.05) is 5.57 Å². The van der Waals surface area contributed by atoms with E-state index in [4.69, 9.17) is 14.9 Å². The van der Waals surface area contributed by atoms with E-state index in [1.165, 1.54) is 12.1 Å². The average molecular weight is 500 g/mol. The zero-order valence-electron chi connectivity index (χ0n) is 21.3. The van der Waals surface area contributed by atoms with Crippen molar-refractivity contribution in [1.82, 2.24) is 0 Å². The second-order valence-corrected chi connectivity index (χ2v) is 8.43. The normalized spacial score (nSPS) is 10.7. The lowest BCUT2D eigenvalue weighted by atomic mass is 9.93. The second-order valence-electron chi connectivity index (χ2n) is 8.43. The van der Waals surface area contributed by atoms with Gasteiger partial charge in [-0.15, -0.1) is 0 Å². The largest absolute Gasteiger partial charge is 0.507 e. The van der Waals surface area contributed by atoms with Crippen molar-refractivity contribution in [3.05, 3.63) is 107 Å². The summed E-state index contributed by atoms with van der Waals surface area (Å²) in [6.07, 6.45) is 4.25. The molecule has 6 nitrogen and oxygen atoms in total. The number of esters is 1. The van der Waals surface area contributed by atoms with Crippen LogP contribution in [0.25, 0.3) is 5.57 Å². The fourth-order valence-electron chi connectivity index (χ4n) is 3.69. The van der Waals surface area contributed by atoms with Gasteiger partial charge in [-0.2, -0.15) is 5.26 Å². The lowest BCUT2D eigenvalue weighted by Gasteiger charge is -2.16. The van der Waals surface area contributed by atoms with Crippen molar-refractivity contribution in [1.29, 1.82) is 5.26 Å². The fourth-order valence-corrected chi connectivity index (χ4v) is 3.69. The third-order valence-corrected chi connectivity index (χ3v) is 5.82. The van der Waals surface area contributed by atoms with Crippen molar-refractivity contribution >= 4 is 17.5 Å². The summed E-state index contributed by atoms with van der Waals surface area (Å²) in [7, 11) is 0. The number of phenols is 1. The molecule has 1 atom stereocenters. The van der Waals surface area contributed by atoms with Crippen molar-refractivity contribution in [3.8, 4) is 11.8 Å². The minimum absolute atomic E-state index is 0.0535. The first kappa shape index (κ1) is 28.9. The van der Waals surface area contributed by atoms with Gasteiger partial charge in [-0.25, -0.2) is 9.59 Å². The Balaban J connectivity index is 0.000000402. The SMILES string of the molecule is CCCCC(CC)COC(=O)C(C#N)=C(c1ccccc1)c1ccccc1.O=C(O)c1ccccc1O. The van der Waals surface area contributed by atoms with Gasteiger partial charge in [0.15, 0.2) is 0 Å². The van der Waals surface area contributed by atoms with E-state index < -0.39 is 11.9 Å². The number of nitrogens with zero attached hydrogens (tertiary/aromatic N) is 1. The Bertz CT molecular complexity index is 1170. The van der Waals surface area contributed by atoms with Crippen LogP contribution in [0, 0.1) is 17.2 Å². The average Bonchev–Trinajstić information content (AvgIpc) is 2.93. The summed E-state index contributed by atoms with van der Waals surface area (Å²) in [6, 6.07) is 26.9. The first-order valence-corrected chi connectivity index (χ1v) is 12.4. The number of hydrogen-bond acceptors (Lipinski definition) is 5. The first-order chi connectivity index (χ1) is 17.9. The van der Waals surface area contributed by atoms with Crippen molar-refractivity contribution in [2.75, 3.05) is 6.61 Å². The second kappa shape index (κ2) is 15.6. The van der Waals surface area contributed by atoms with Crippen LogP contribution in [0.2, 0.25) is 0 Å². The summed E-state index contributed by atoms with van der Waals surface area (Å²) in [5, 5.41) is 27.1. The van der Waals surface area contributed by atoms with E-state index in [1.807, 2.05) is 60.7 Å². The molecule has 0 aliphatic rings. The molecule has 37 heavy (non-hydrogen) atoms. The zero-order chi connectivity index (χ0) is 27.0. The maximum absolute atomic E-state index is 12.8. The Morgan fingerprint density at radius 1 is 0.892 bits per heavy atom. The lowest BCUT2D eigenvalue weighted by Crippen LogP contribution is -2.16. The molecule has 0 heterocycles. The van der Waals surface area contributed by atoms with Gasteiger partial charge < -0.3 is 14.9 Å². The number of hydrogen-bond donors (Lipinski definition) is 2. The van der Waals surface area contributed by atoms with Gasteiger partial charge >= 0.3 is 11.9 Å². The minimum Gasteiger partial charge on any atom is -0.507 e. The molecule has 0 fully saturated rings. The number of para-hydroxylation sites is 1. The molecule has 1 unspecified atom stereocenters. The van der Waals surface area contributed by atoms with Gasteiger partial charge in [0.1, 0.15) is 23.0 Å². The Hall–Kier alpha value is -4.37.